The molecule has 0 aromatic heterocycles. The first kappa shape index (κ1) is 30.7. The predicted molar refractivity (Wildman–Crippen MR) is 162 cm³/mol. The Bertz CT molecular complexity index is 1670. The zero-order valence-electron chi connectivity index (χ0n) is 25.1. The molecule has 4 heterocycles. The number of nitrogens with zero attached hydrogens (tertiary/aromatic N) is 2. The molecule has 3 aromatic rings. The van der Waals surface area contributed by atoms with Crippen LogP contribution >= 0.6 is 0 Å². The molecule has 4 aliphatic rings. The van der Waals surface area contributed by atoms with E-state index in [1.807, 2.05) is 0 Å². The molecule has 46 heavy (non-hydrogen) atoms. The zero-order valence-corrected chi connectivity index (χ0v) is 25.1. The van der Waals surface area contributed by atoms with Crippen LogP contribution in [0.3, 0.4) is 0 Å². The van der Waals surface area contributed by atoms with Gasteiger partial charge in [-0.05, 0) is 47.5 Å². The van der Waals surface area contributed by atoms with Crippen LogP contribution in [0.15, 0.2) is 60.7 Å². The van der Waals surface area contributed by atoms with Crippen LogP contribution in [-0.4, -0.2) is 92.3 Å². The number of cyclic esters (lactones) is 1. The molecule has 4 amide bonds. The van der Waals surface area contributed by atoms with Gasteiger partial charge in [-0.1, -0.05) is 18.2 Å². The van der Waals surface area contributed by atoms with Crippen molar-refractivity contribution in [3.63, 3.8) is 0 Å². The normalized spacial score (nSPS) is 20.0. The number of amides is 4. The van der Waals surface area contributed by atoms with Gasteiger partial charge in [0.05, 0.1) is 25.3 Å². The van der Waals surface area contributed by atoms with Crippen molar-refractivity contribution in [2.75, 3.05) is 46.5 Å². The van der Waals surface area contributed by atoms with Crippen molar-refractivity contribution in [1.29, 1.82) is 0 Å². The number of piperidine rings is 1. The first-order valence-electron chi connectivity index (χ1n) is 14.9. The van der Waals surface area contributed by atoms with Gasteiger partial charge in [0.25, 0.3) is 11.8 Å². The molecule has 3 aromatic carbocycles. The number of hydrogen-bond donors (Lipinski definition) is 2. The number of carbonyl (C=O) groups excluding carboxylic acids is 4. The highest BCUT2D eigenvalue weighted by atomic mass is 19.1. The number of hydrogen-bond acceptors (Lipinski definition) is 8. The Kier molecular flexibility index (Phi) is 8.90. The molecule has 240 valence electrons. The Morgan fingerprint density at radius 1 is 1.00 bits per heavy atom. The largest absolute Gasteiger partial charge is 0.496 e. The molecule has 7 rings (SSSR count). The van der Waals surface area contributed by atoms with Crippen molar-refractivity contribution in [2.24, 2.45) is 0 Å². The first-order valence-corrected chi connectivity index (χ1v) is 14.9. The quantitative estimate of drug-likeness (QED) is 0.450. The van der Waals surface area contributed by atoms with E-state index >= 15 is 4.39 Å². The molecular formula is C33H33FN4O8. The molecule has 0 radical (unpaired) electrons. The molecule has 0 spiro atoms. The van der Waals surface area contributed by atoms with Crippen molar-refractivity contribution in [2.45, 2.75) is 25.1 Å². The summed E-state index contributed by atoms with van der Waals surface area (Å²) < 4.78 is 37.7. The Balaban J connectivity index is 1.32. The number of ether oxygens (including phenoxy) is 4. The Morgan fingerprint density at radius 2 is 1.85 bits per heavy atom. The fourth-order valence-corrected chi connectivity index (χ4v) is 5.67. The number of benzene rings is 3. The summed E-state index contributed by atoms with van der Waals surface area (Å²) in [5.74, 6) is -0.697. The molecule has 0 unspecified atom stereocenters. The molecule has 2 fully saturated rings. The van der Waals surface area contributed by atoms with Crippen LogP contribution in [-0.2, 0) is 20.9 Å². The maximum Gasteiger partial charge on any atom is 0.410 e. The van der Waals surface area contributed by atoms with Crippen molar-refractivity contribution in [1.82, 2.24) is 20.4 Å². The Hall–Kier alpha value is -5.33. The Labute approximate surface area is 264 Å². The van der Waals surface area contributed by atoms with E-state index in [4.69, 9.17) is 18.9 Å². The minimum atomic E-state index is -0.730. The van der Waals surface area contributed by atoms with Gasteiger partial charge in [-0.15, -0.1) is 0 Å². The number of methoxy groups -OCH3 is 1. The van der Waals surface area contributed by atoms with Gasteiger partial charge in [-0.2, -0.15) is 0 Å². The van der Waals surface area contributed by atoms with E-state index in [1.54, 1.807) is 53.4 Å². The van der Waals surface area contributed by atoms with Crippen LogP contribution in [0.4, 0.5) is 9.18 Å². The summed E-state index contributed by atoms with van der Waals surface area (Å²) in [6, 6.07) is 15.6. The van der Waals surface area contributed by atoms with Crippen LogP contribution in [0, 0.1) is 5.82 Å². The van der Waals surface area contributed by atoms with E-state index in [2.05, 4.69) is 10.6 Å². The summed E-state index contributed by atoms with van der Waals surface area (Å²) in [5, 5.41) is 5.73. The number of halogens is 1. The van der Waals surface area contributed by atoms with E-state index in [-0.39, 0.29) is 50.2 Å². The number of carbonyl (C=O) groups is 4. The van der Waals surface area contributed by atoms with Crippen LogP contribution in [0.5, 0.6) is 17.2 Å². The van der Waals surface area contributed by atoms with Crippen LogP contribution in [0.25, 0.3) is 11.1 Å². The second-order valence-corrected chi connectivity index (χ2v) is 11.2. The van der Waals surface area contributed by atoms with E-state index in [1.165, 1.54) is 24.1 Å². The summed E-state index contributed by atoms with van der Waals surface area (Å²) in [4.78, 5) is 54.2. The van der Waals surface area contributed by atoms with Gasteiger partial charge in [0.1, 0.15) is 42.3 Å². The third kappa shape index (κ3) is 6.82. The maximum absolute atomic E-state index is 15.1. The maximum atomic E-state index is 15.1. The van der Waals surface area contributed by atoms with Crippen LogP contribution in [0.1, 0.15) is 22.3 Å². The molecule has 2 atom stereocenters. The second-order valence-electron chi connectivity index (χ2n) is 11.2. The smallest absolute Gasteiger partial charge is 0.410 e. The lowest BCUT2D eigenvalue weighted by molar-refractivity contribution is -0.134. The van der Waals surface area contributed by atoms with Gasteiger partial charge >= 0.3 is 6.09 Å². The number of likely N-dealkylation sites (tertiary alicyclic amines) is 1. The molecular weight excluding hydrogens is 599 g/mol. The lowest BCUT2D eigenvalue weighted by Crippen LogP contribution is -2.59. The second kappa shape index (κ2) is 13.3. The average molecular weight is 633 g/mol. The molecule has 2 saturated heterocycles. The summed E-state index contributed by atoms with van der Waals surface area (Å²) in [5.41, 5.74) is 1.74. The van der Waals surface area contributed by atoms with Gasteiger partial charge in [0.15, 0.2) is 6.61 Å². The van der Waals surface area contributed by atoms with Crippen LogP contribution in [0.2, 0.25) is 0 Å². The molecule has 6 bridgehead atoms. The van der Waals surface area contributed by atoms with Gasteiger partial charge in [0.2, 0.25) is 5.91 Å². The van der Waals surface area contributed by atoms with E-state index in [0.717, 1.165) is 0 Å². The monoisotopic (exact) mass is 632 g/mol. The third-order valence-electron chi connectivity index (χ3n) is 8.16. The molecule has 4 aliphatic heterocycles. The number of rotatable bonds is 3. The van der Waals surface area contributed by atoms with Crippen molar-refractivity contribution < 1.29 is 42.5 Å². The first-order chi connectivity index (χ1) is 22.3. The summed E-state index contributed by atoms with van der Waals surface area (Å²) >= 11 is 0. The van der Waals surface area contributed by atoms with Gasteiger partial charge in [-0.25, -0.2) is 9.18 Å². The number of fused-ring (bicyclic) bond motifs is 7. The minimum Gasteiger partial charge on any atom is -0.496 e. The predicted octanol–water partition coefficient (Wildman–Crippen LogP) is 2.74. The minimum absolute atomic E-state index is 0.0695. The van der Waals surface area contributed by atoms with E-state index in [0.29, 0.717) is 53.4 Å². The molecule has 13 heteroatoms. The molecule has 0 saturated carbocycles. The third-order valence-corrected chi connectivity index (χ3v) is 8.16. The number of nitrogens with one attached hydrogen (secondary N) is 2. The average Bonchev–Trinajstić information content (AvgIpc) is 3.47. The SMILES string of the molecule is COc1cc2ccc1CNC(=O)COc1cccc(c1)-c1ccc(F)c(c1)C(=O)N[C@@H]1CN(C(=O)CN3CCOC3=O)CC[C@@H]1O2. The lowest BCUT2D eigenvalue weighted by atomic mass is 9.99. The van der Waals surface area contributed by atoms with Crippen molar-refractivity contribution >= 4 is 23.8 Å². The van der Waals surface area contributed by atoms with Gasteiger partial charge in [0, 0.05) is 37.7 Å². The molecule has 2 N–H and O–H groups in total. The topological polar surface area (TPSA) is 136 Å². The highest BCUT2D eigenvalue weighted by Gasteiger charge is 2.36. The summed E-state index contributed by atoms with van der Waals surface area (Å²) in [6.45, 7) is 0.721. The van der Waals surface area contributed by atoms with Crippen molar-refractivity contribution in [3.05, 3.63) is 77.6 Å². The molecule has 12 nitrogen and oxygen atoms in total. The lowest BCUT2D eigenvalue weighted by Gasteiger charge is -2.39. The standard InChI is InChI=1S/C33H33FN4O8/c1-43-29-15-24-7-5-22(29)16-35-30(39)19-45-23-4-2-3-20(13-23)21-6-8-26(34)25(14-21)32(41)36-27-17-37(10-9-28(27)46-24)31(40)18-38-11-12-44-33(38)42/h2-8,13-15,27-28H,9-12,16-19H2,1H3,(H,35,39)(H,36,41)/t27-,28+/m1/s1. The summed E-state index contributed by atoms with van der Waals surface area (Å²) in [6.07, 6.45) is -0.797. The van der Waals surface area contributed by atoms with E-state index < -0.39 is 30.0 Å². The fraction of sp³-hybridized carbons (Fsp3) is 0.333. The van der Waals surface area contributed by atoms with E-state index in [9.17, 15) is 19.2 Å². The Morgan fingerprint density at radius 3 is 2.65 bits per heavy atom. The fourth-order valence-electron chi connectivity index (χ4n) is 5.67. The van der Waals surface area contributed by atoms with Gasteiger partial charge < -0.3 is 34.5 Å². The van der Waals surface area contributed by atoms with Gasteiger partial charge in [-0.3, -0.25) is 19.3 Å². The van der Waals surface area contributed by atoms with Crippen LogP contribution < -0.4 is 24.8 Å². The highest BCUT2D eigenvalue weighted by Crippen LogP contribution is 2.29. The zero-order chi connectivity index (χ0) is 32.2. The highest BCUT2D eigenvalue weighted by molar-refractivity contribution is 5.96. The summed E-state index contributed by atoms with van der Waals surface area (Å²) in [7, 11) is 1.50. The molecule has 0 aliphatic carbocycles. The van der Waals surface area contributed by atoms with Crippen molar-refractivity contribution in [3.8, 4) is 28.4 Å².